The number of rotatable bonds is 7. The summed E-state index contributed by atoms with van der Waals surface area (Å²) in [5.74, 6) is 0. The van der Waals surface area contributed by atoms with Crippen molar-refractivity contribution in [3.05, 3.63) is 60.7 Å². The summed E-state index contributed by atoms with van der Waals surface area (Å²) >= 11 is 0. The summed E-state index contributed by atoms with van der Waals surface area (Å²) in [7, 11) is -0.393. The predicted octanol–water partition coefficient (Wildman–Crippen LogP) is 4.16. The van der Waals surface area contributed by atoms with Crippen LogP contribution in [-0.4, -0.2) is 17.8 Å². The lowest BCUT2D eigenvalue weighted by Crippen LogP contribution is -2.30. The zero-order valence-electron chi connectivity index (χ0n) is 12.5. The van der Waals surface area contributed by atoms with Gasteiger partial charge in [0.2, 0.25) is 0 Å². The highest BCUT2D eigenvalue weighted by Gasteiger charge is 2.20. The quantitative estimate of drug-likeness (QED) is 0.691. The van der Waals surface area contributed by atoms with E-state index in [2.05, 4.69) is 79.2 Å². The van der Waals surface area contributed by atoms with Gasteiger partial charge in [0.1, 0.15) is 0 Å². The van der Waals surface area contributed by atoms with Gasteiger partial charge in [-0.15, -0.1) is 0 Å². The van der Waals surface area contributed by atoms with Gasteiger partial charge in [-0.05, 0) is 23.5 Å². The molecule has 0 aliphatic carbocycles. The van der Waals surface area contributed by atoms with Crippen LogP contribution in [0.3, 0.4) is 0 Å². The fourth-order valence-electron chi connectivity index (χ4n) is 2.44. The van der Waals surface area contributed by atoms with E-state index in [-0.39, 0.29) is 0 Å². The first-order valence-electron chi connectivity index (χ1n) is 7.52. The van der Waals surface area contributed by atoms with Gasteiger partial charge in [0.15, 0.2) is 0 Å². The van der Waals surface area contributed by atoms with Crippen LogP contribution >= 0.6 is 8.07 Å². The number of hydrogen-bond donors (Lipinski definition) is 0. The summed E-state index contributed by atoms with van der Waals surface area (Å²) in [6.45, 7) is 6.88. The fraction of sp³-hybridized carbons (Fsp3) is 0.333. The molecule has 0 amide bonds. The lowest BCUT2D eigenvalue weighted by Gasteiger charge is -2.32. The second-order valence-corrected chi connectivity index (χ2v) is 7.16. The predicted molar refractivity (Wildman–Crippen MR) is 91.2 cm³/mol. The zero-order valence-corrected chi connectivity index (χ0v) is 13.4. The van der Waals surface area contributed by atoms with Gasteiger partial charge in [0.05, 0.1) is 0 Å². The average molecular weight is 285 g/mol. The first kappa shape index (κ1) is 15.2. The van der Waals surface area contributed by atoms with Crippen molar-refractivity contribution in [3.8, 4) is 0 Å². The lowest BCUT2D eigenvalue weighted by molar-refractivity contribution is 0.458. The Hall–Kier alpha value is -1.17. The molecule has 106 valence electrons. The molecule has 2 heteroatoms. The molecule has 2 aromatic carbocycles. The van der Waals surface area contributed by atoms with Crippen LogP contribution in [0.2, 0.25) is 0 Å². The number of benzene rings is 2. The van der Waals surface area contributed by atoms with E-state index in [1.807, 2.05) is 0 Å². The van der Waals surface area contributed by atoms with Crippen LogP contribution in [0.15, 0.2) is 60.7 Å². The molecule has 0 radical (unpaired) electrons. The van der Waals surface area contributed by atoms with Gasteiger partial charge in [-0.3, -0.25) is 4.67 Å². The summed E-state index contributed by atoms with van der Waals surface area (Å²) < 4.78 is 2.67. The largest absolute Gasteiger partial charge is 0.275 e. The highest BCUT2D eigenvalue weighted by Crippen LogP contribution is 2.38. The highest BCUT2D eigenvalue weighted by atomic mass is 31.1. The minimum atomic E-state index is -0.393. The van der Waals surface area contributed by atoms with Crippen LogP contribution in [-0.2, 0) is 0 Å². The van der Waals surface area contributed by atoms with Crippen LogP contribution in [0.4, 0.5) is 0 Å². The maximum Gasteiger partial charge on any atom is 0.0281 e. The van der Waals surface area contributed by atoms with Crippen LogP contribution in [0.1, 0.15) is 26.7 Å². The first-order valence-corrected chi connectivity index (χ1v) is 8.81. The van der Waals surface area contributed by atoms with E-state index in [1.165, 1.54) is 36.5 Å². The van der Waals surface area contributed by atoms with Crippen molar-refractivity contribution >= 4 is 18.7 Å². The molecule has 0 saturated carbocycles. The van der Waals surface area contributed by atoms with Crippen molar-refractivity contribution in [2.45, 2.75) is 26.7 Å². The van der Waals surface area contributed by atoms with Crippen molar-refractivity contribution < 1.29 is 0 Å². The van der Waals surface area contributed by atoms with E-state index < -0.39 is 8.07 Å². The molecule has 0 N–H and O–H groups in total. The third kappa shape index (κ3) is 3.91. The molecule has 20 heavy (non-hydrogen) atoms. The topological polar surface area (TPSA) is 3.24 Å². The van der Waals surface area contributed by atoms with E-state index in [0.717, 1.165) is 0 Å². The molecule has 0 unspecified atom stereocenters. The monoisotopic (exact) mass is 285 g/mol. The lowest BCUT2D eigenvalue weighted by atomic mass is 10.4. The highest BCUT2D eigenvalue weighted by molar-refractivity contribution is 7.70. The van der Waals surface area contributed by atoms with Crippen molar-refractivity contribution in [1.29, 1.82) is 0 Å². The molecular weight excluding hydrogens is 261 g/mol. The second-order valence-electron chi connectivity index (χ2n) is 4.94. The first-order chi connectivity index (χ1) is 9.86. The number of hydrogen-bond acceptors (Lipinski definition) is 1. The molecule has 1 nitrogen and oxygen atoms in total. The van der Waals surface area contributed by atoms with E-state index in [9.17, 15) is 0 Å². The van der Waals surface area contributed by atoms with Crippen LogP contribution < -0.4 is 10.6 Å². The summed E-state index contributed by atoms with van der Waals surface area (Å²) in [5.41, 5.74) is 0. The Labute approximate surface area is 124 Å². The van der Waals surface area contributed by atoms with E-state index in [1.54, 1.807) is 0 Å². The average Bonchev–Trinajstić information content (AvgIpc) is 2.50. The summed E-state index contributed by atoms with van der Waals surface area (Å²) in [5, 5.41) is 2.91. The molecule has 0 atom stereocenters. The number of nitrogens with zero attached hydrogens (tertiary/aromatic N) is 1. The summed E-state index contributed by atoms with van der Waals surface area (Å²) in [6, 6.07) is 21.9. The molecule has 0 fully saturated rings. The molecule has 2 aromatic rings. The van der Waals surface area contributed by atoms with Crippen molar-refractivity contribution in [3.63, 3.8) is 0 Å². The zero-order chi connectivity index (χ0) is 14.2. The van der Waals surface area contributed by atoms with Crippen LogP contribution in [0.5, 0.6) is 0 Å². The molecule has 0 aromatic heterocycles. The molecule has 0 saturated heterocycles. The Kier molecular flexibility index (Phi) is 6.24. The maximum absolute atomic E-state index is 2.67. The molecule has 0 aliphatic heterocycles. The Morgan fingerprint density at radius 3 is 1.45 bits per heavy atom. The summed E-state index contributed by atoms with van der Waals surface area (Å²) in [6.07, 6.45) is 2.41. The maximum atomic E-state index is 2.67. The fourth-order valence-corrected chi connectivity index (χ4v) is 5.10. The van der Waals surface area contributed by atoms with Gasteiger partial charge >= 0.3 is 0 Å². The molecule has 0 bridgehead atoms. The normalized spacial score (nSPS) is 11.2. The SMILES string of the molecule is CCCN(CCC)P(c1ccccc1)c1ccccc1. The van der Waals surface area contributed by atoms with E-state index >= 15 is 0 Å². The molecule has 0 spiro atoms. The molecule has 2 rings (SSSR count). The Morgan fingerprint density at radius 1 is 0.700 bits per heavy atom. The summed E-state index contributed by atoms with van der Waals surface area (Å²) in [4.78, 5) is 0. The standard InChI is InChI=1S/C18H24NP/c1-3-15-19(16-4-2)20(17-11-7-5-8-12-17)18-13-9-6-10-14-18/h5-14H,3-4,15-16H2,1-2H3. The molecule has 0 heterocycles. The Bertz CT molecular complexity index is 438. The van der Waals surface area contributed by atoms with Crippen LogP contribution in [0.25, 0.3) is 0 Å². The molecule has 0 aliphatic rings. The Morgan fingerprint density at radius 2 is 1.10 bits per heavy atom. The smallest absolute Gasteiger partial charge is 0.0281 e. The van der Waals surface area contributed by atoms with Gasteiger partial charge < -0.3 is 0 Å². The van der Waals surface area contributed by atoms with Crippen molar-refractivity contribution in [2.24, 2.45) is 0 Å². The van der Waals surface area contributed by atoms with Crippen LogP contribution in [0, 0.1) is 0 Å². The Balaban J connectivity index is 2.38. The third-order valence-electron chi connectivity index (χ3n) is 3.25. The van der Waals surface area contributed by atoms with Gasteiger partial charge in [-0.25, -0.2) is 0 Å². The van der Waals surface area contributed by atoms with Crippen molar-refractivity contribution in [2.75, 3.05) is 13.1 Å². The second kappa shape index (κ2) is 8.19. The van der Waals surface area contributed by atoms with Gasteiger partial charge in [0.25, 0.3) is 0 Å². The minimum absolute atomic E-state index is 0.393. The van der Waals surface area contributed by atoms with Gasteiger partial charge in [-0.1, -0.05) is 74.5 Å². The third-order valence-corrected chi connectivity index (χ3v) is 5.79. The van der Waals surface area contributed by atoms with Crippen molar-refractivity contribution in [1.82, 2.24) is 4.67 Å². The molecular formula is C18H24NP. The van der Waals surface area contributed by atoms with Gasteiger partial charge in [-0.2, -0.15) is 0 Å². The van der Waals surface area contributed by atoms with E-state index in [0.29, 0.717) is 0 Å². The minimum Gasteiger partial charge on any atom is -0.275 e. The van der Waals surface area contributed by atoms with E-state index in [4.69, 9.17) is 0 Å². The van der Waals surface area contributed by atoms with Gasteiger partial charge in [0, 0.05) is 21.2 Å².